The van der Waals surface area contributed by atoms with Crippen molar-refractivity contribution in [1.29, 1.82) is 0 Å². The van der Waals surface area contributed by atoms with Gasteiger partial charge in [0.25, 0.3) is 0 Å². The first-order valence-corrected chi connectivity index (χ1v) is 7.96. The molecule has 1 heterocycles. The topological polar surface area (TPSA) is 85.5 Å². The average molecular weight is 353 g/mol. The maximum Gasteiger partial charge on any atom is 0.338 e. The molecule has 0 saturated heterocycles. The van der Waals surface area contributed by atoms with E-state index in [1.165, 1.54) is 16.2 Å². The van der Waals surface area contributed by atoms with Crippen LogP contribution in [0.15, 0.2) is 53.8 Å². The van der Waals surface area contributed by atoms with E-state index in [1.54, 1.807) is 25.1 Å². The number of nitrogens with one attached hydrogen (secondary N) is 1. The van der Waals surface area contributed by atoms with E-state index >= 15 is 0 Å². The van der Waals surface area contributed by atoms with Gasteiger partial charge in [0.05, 0.1) is 35.9 Å². The van der Waals surface area contributed by atoms with Gasteiger partial charge in [0.15, 0.2) is 0 Å². The van der Waals surface area contributed by atoms with Crippen molar-refractivity contribution >= 4 is 28.4 Å². The summed E-state index contributed by atoms with van der Waals surface area (Å²) in [6.07, 6.45) is 0. The van der Waals surface area contributed by atoms with Crippen LogP contribution in [0.1, 0.15) is 22.8 Å². The Kier molecular flexibility index (Phi) is 4.64. The highest BCUT2D eigenvalue weighted by molar-refractivity contribution is 5.93. The van der Waals surface area contributed by atoms with E-state index in [9.17, 15) is 14.8 Å². The number of allylic oxidation sites excluding steroid dienone is 1. The van der Waals surface area contributed by atoms with Gasteiger partial charge in [-0.05, 0) is 31.2 Å². The van der Waals surface area contributed by atoms with E-state index in [2.05, 4.69) is 12.1 Å². The number of anilines is 1. The number of rotatable bonds is 5. The Labute approximate surface area is 149 Å². The number of nitrogens with zero attached hydrogens (tertiary/aromatic N) is 2. The first kappa shape index (κ1) is 17.5. The lowest BCUT2D eigenvalue weighted by atomic mass is 10.1. The Morgan fingerprint density at radius 1 is 1.19 bits per heavy atom. The molecule has 134 valence electrons. The lowest BCUT2D eigenvalue weighted by Crippen LogP contribution is -2.25. The summed E-state index contributed by atoms with van der Waals surface area (Å²) in [5.74, 6) is -0.547. The molecule has 3 rings (SSSR count). The number of methoxy groups -OCH3 is 1. The van der Waals surface area contributed by atoms with Gasteiger partial charge < -0.3 is 4.74 Å². The molecule has 0 bridgehead atoms. The molecule has 3 aromatic rings. The molecule has 2 aromatic carbocycles. The van der Waals surface area contributed by atoms with E-state index in [-0.39, 0.29) is 17.8 Å². The molecule has 0 aliphatic carbocycles. The number of benzene rings is 2. The number of fused-ring (bicyclic) bond motifs is 1. The maximum absolute atomic E-state index is 13.0. The van der Waals surface area contributed by atoms with Gasteiger partial charge >= 0.3 is 11.7 Å². The summed E-state index contributed by atoms with van der Waals surface area (Å²) in [6, 6.07) is 12.2. The van der Waals surface area contributed by atoms with Gasteiger partial charge in [-0.25, -0.2) is 9.59 Å². The molecule has 0 radical (unpaired) electrons. The van der Waals surface area contributed by atoms with Crippen molar-refractivity contribution in [2.24, 2.45) is 0 Å². The summed E-state index contributed by atoms with van der Waals surface area (Å²) in [5.41, 5.74) is 4.87. The number of carbonyl (C=O) groups excluding carboxylic acids is 1. The van der Waals surface area contributed by atoms with Crippen molar-refractivity contribution in [1.82, 2.24) is 9.13 Å². The van der Waals surface area contributed by atoms with Crippen molar-refractivity contribution < 1.29 is 14.7 Å². The monoisotopic (exact) mass is 353 g/mol. The Morgan fingerprint density at radius 3 is 2.50 bits per heavy atom. The third kappa shape index (κ3) is 2.78. The standard InChI is InChI=1S/C19H19N3O4/c1-12(2)22-17-10-5-4-9-16(17)21(19(22)24)11-14-13(18(23)26-3)7-6-8-15(14)20-25/h4-10,20,25H,1,11H2,2-3H3. The predicted octanol–water partition coefficient (Wildman–Crippen LogP) is 2.93. The molecule has 0 aliphatic heterocycles. The molecule has 0 fully saturated rings. The van der Waals surface area contributed by atoms with Crippen LogP contribution in [0.5, 0.6) is 0 Å². The number of hydrogen-bond donors (Lipinski definition) is 2. The zero-order valence-electron chi connectivity index (χ0n) is 14.5. The highest BCUT2D eigenvalue weighted by atomic mass is 16.5. The fourth-order valence-electron chi connectivity index (χ4n) is 3.05. The minimum atomic E-state index is -0.547. The molecule has 0 amide bonds. The van der Waals surface area contributed by atoms with Crippen molar-refractivity contribution in [3.63, 3.8) is 0 Å². The van der Waals surface area contributed by atoms with Gasteiger partial charge in [0.2, 0.25) is 0 Å². The fraction of sp³-hybridized carbons (Fsp3) is 0.158. The molecule has 7 heteroatoms. The molecule has 0 saturated carbocycles. The van der Waals surface area contributed by atoms with Crippen LogP contribution in [0, 0.1) is 0 Å². The minimum Gasteiger partial charge on any atom is -0.465 e. The second kappa shape index (κ2) is 6.89. The predicted molar refractivity (Wildman–Crippen MR) is 99.5 cm³/mol. The minimum absolute atomic E-state index is 0.0772. The number of para-hydroxylation sites is 2. The highest BCUT2D eigenvalue weighted by Gasteiger charge is 2.19. The smallest absolute Gasteiger partial charge is 0.338 e. The second-order valence-electron chi connectivity index (χ2n) is 5.86. The Bertz CT molecular complexity index is 1060. The molecular formula is C19H19N3O4. The fourth-order valence-corrected chi connectivity index (χ4v) is 3.05. The maximum atomic E-state index is 13.0. The van der Waals surface area contributed by atoms with Crippen molar-refractivity contribution in [2.75, 3.05) is 12.6 Å². The summed E-state index contributed by atoms with van der Waals surface area (Å²) in [7, 11) is 1.28. The largest absolute Gasteiger partial charge is 0.465 e. The van der Waals surface area contributed by atoms with Crippen LogP contribution < -0.4 is 11.2 Å². The first-order chi connectivity index (χ1) is 12.5. The van der Waals surface area contributed by atoms with Crippen molar-refractivity contribution in [3.8, 4) is 0 Å². The number of esters is 1. The lowest BCUT2D eigenvalue weighted by Gasteiger charge is -2.13. The van der Waals surface area contributed by atoms with Crippen LogP contribution in [0.4, 0.5) is 5.69 Å². The van der Waals surface area contributed by atoms with Crippen molar-refractivity contribution in [2.45, 2.75) is 13.5 Å². The Morgan fingerprint density at radius 2 is 1.88 bits per heavy atom. The van der Waals surface area contributed by atoms with E-state index in [0.717, 1.165) is 5.52 Å². The van der Waals surface area contributed by atoms with E-state index in [1.807, 2.05) is 24.3 Å². The average Bonchev–Trinajstić information content (AvgIpc) is 2.93. The molecule has 2 N–H and O–H groups in total. The second-order valence-corrected chi connectivity index (χ2v) is 5.86. The summed E-state index contributed by atoms with van der Waals surface area (Å²) < 4.78 is 7.87. The van der Waals surface area contributed by atoms with E-state index in [0.29, 0.717) is 22.5 Å². The van der Waals surface area contributed by atoms with Gasteiger partial charge in [-0.3, -0.25) is 19.8 Å². The molecule has 7 nitrogen and oxygen atoms in total. The lowest BCUT2D eigenvalue weighted by molar-refractivity contribution is 0.0599. The van der Waals surface area contributed by atoms with Crippen LogP contribution in [-0.4, -0.2) is 27.4 Å². The summed E-state index contributed by atoms with van der Waals surface area (Å²) in [4.78, 5) is 25.1. The van der Waals surface area contributed by atoms with Crippen LogP contribution in [0.25, 0.3) is 16.7 Å². The summed E-state index contributed by atoms with van der Waals surface area (Å²) in [6.45, 7) is 5.70. The zero-order chi connectivity index (χ0) is 18.8. The van der Waals surface area contributed by atoms with Gasteiger partial charge in [-0.1, -0.05) is 24.8 Å². The van der Waals surface area contributed by atoms with Crippen LogP contribution in [0.2, 0.25) is 0 Å². The number of imidazole rings is 1. The molecule has 0 aliphatic rings. The van der Waals surface area contributed by atoms with E-state index < -0.39 is 5.97 Å². The van der Waals surface area contributed by atoms with Crippen LogP contribution >= 0.6 is 0 Å². The zero-order valence-corrected chi connectivity index (χ0v) is 14.5. The highest BCUT2D eigenvalue weighted by Crippen LogP contribution is 2.24. The molecule has 0 atom stereocenters. The van der Waals surface area contributed by atoms with Crippen LogP contribution in [-0.2, 0) is 11.3 Å². The Hall–Kier alpha value is -3.32. The summed E-state index contributed by atoms with van der Waals surface area (Å²) >= 11 is 0. The van der Waals surface area contributed by atoms with Gasteiger partial charge in [-0.15, -0.1) is 0 Å². The normalized spacial score (nSPS) is 10.7. The number of carbonyl (C=O) groups is 1. The molecule has 26 heavy (non-hydrogen) atoms. The number of hydrogen-bond acceptors (Lipinski definition) is 5. The molecule has 1 aromatic heterocycles. The summed E-state index contributed by atoms with van der Waals surface area (Å²) in [5, 5.41) is 9.44. The number of ether oxygens (including phenoxy) is 1. The first-order valence-electron chi connectivity index (χ1n) is 7.96. The van der Waals surface area contributed by atoms with Crippen molar-refractivity contribution in [3.05, 3.63) is 70.7 Å². The molecule has 0 spiro atoms. The van der Waals surface area contributed by atoms with Crippen LogP contribution in [0.3, 0.4) is 0 Å². The van der Waals surface area contributed by atoms with Gasteiger partial charge in [0.1, 0.15) is 0 Å². The molecular weight excluding hydrogens is 334 g/mol. The SMILES string of the molecule is C=C(C)n1c(=O)n(Cc2c(NO)cccc2C(=O)OC)c2ccccc21. The van der Waals surface area contributed by atoms with Gasteiger partial charge in [0, 0.05) is 11.3 Å². The number of aromatic nitrogens is 2. The third-order valence-corrected chi connectivity index (χ3v) is 4.24. The van der Waals surface area contributed by atoms with E-state index in [4.69, 9.17) is 4.74 Å². The quantitative estimate of drug-likeness (QED) is 0.544. The molecule has 0 unspecified atom stereocenters. The van der Waals surface area contributed by atoms with Gasteiger partial charge in [-0.2, -0.15) is 0 Å². The third-order valence-electron chi connectivity index (χ3n) is 4.24. The Balaban J connectivity index is 2.26.